The Morgan fingerprint density at radius 2 is 1.96 bits per heavy atom. The molecule has 130 valence electrons. The van der Waals surface area contributed by atoms with Crippen molar-refractivity contribution >= 4 is 17.6 Å². The van der Waals surface area contributed by atoms with Crippen LogP contribution in [0.15, 0.2) is 24.3 Å². The lowest BCUT2D eigenvalue weighted by atomic mass is 9.98. The molecule has 0 fully saturated rings. The van der Waals surface area contributed by atoms with Crippen LogP contribution in [0.4, 0.5) is 9.18 Å². The standard InChI is InChI=1S/C18H22FNO4/c1-18(2,3)24-17(22)20-9-5-6-13(11-20)14-10-12(16(21)23-4)7-8-15(14)19/h6-8,10H,5,9,11H2,1-4H3. The molecule has 0 saturated heterocycles. The zero-order valence-electron chi connectivity index (χ0n) is 14.4. The van der Waals surface area contributed by atoms with Crippen LogP contribution in [-0.4, -0.2) is 42.8 Å². The molecule has 0 aliphatic carbocycles. The number of esters is 1. The summed E-state index contributed by atoms with van der Waals surface area (Å²) in [6.07, 6.45) is 2.04. The van der Waals surface area contributed by atoms with E-state index in [-0.39, 0.29) is 12.1 Å². The Balaban J connectivity index is 2.22. The summed E-state index contributed by atoms with van der Waals surface area (Å²) in [5, 5.41) is 0. The first-order valence-corrected chi connectivity index (χ1v) is 7.76. The van der Waals surface area contributed by atoms with Crippen molar-refractivity contribution in [3.63, 3.8) is 0 Å². The van der Waals surface area contributed by atoms with Crippen LogP contribution < -0.4 is 0 Å². The van der Waals surface area contributed by atoms with Gasteiger partial charge in [-0.05, 0) is 51.0 Å². The van der Waals surface area contributed by atoms with E-state index in [0.29, 0.717) is 24.1 Å². The maximum Gasteiger partial charge on any atom is 0.410 e. The van der Waals surface area contributed by atoms with Gasteiger partial charge in [0.25, 0.3) is 0 Å². The number of ether oxygens (including phenoxy) is 2. The van der Waals surface area contributed by atoms with E-state index >= 15 is 0 Å². The van der Waals surface area contributed by atoms with Gasteiger partial charge in [0.2, 0.25) is 0 Å². The Morgan fingerprint density at radius 1 is 1.25 bits per heavy atom. The van der Waals surface area contributed by atoms with Crippen LogP contribution in [0.5, 0.6) is 0 Å². The van der Waals surface area contributed by atoms with Crippen molar-refractivity contribution in [1.29, 1.82) is 0 Å². The molecule has 1 heterocycles. The third-order valence-electron chi connectivity index (χ3n) is 3.54. The molecule has 1 amide bonds. The monoisotopic (exact) mass is 335 g/mol. The highest BCUT2D eigenvalue weighted by Crippen LogP contribution is 2.25. The highest BCUT2D eigenvalue weighted by Gasteiger charge is 2.25. The van der Waals surface area contributed by atoms with E-state index in [0.717, 1.165) is 0 Å². The zero-order valence-corrected chi connectivity index (χ0v) is 14.4. The number of rotatable bonds is 2. The number of hydrogen-bond donors (Lipinski definition) is 0. The molecular weight excluding hydrogens is 313 g/mol. The Labute approximate surface area is 141 Å². The van der Waals surface area contributed by atoms with Crippen molar-refractivity contribution in [2.24, 2.45) is 0 Å². The molecule has 0 N–H and O–H groups in total. The number of nitrogens with zero attached hydrogens (tertiary/aromatic N) is 1. The second-order valence-electron chi connectivity index (χ2n) is 6.61. The maximum atomic E-state index is 14.2. The minimum absolute atomic E-state index is 0.233. The second-order valence-corrected chi connectivity index (χ2v) is 6.61. The minimum Gasteiger partial charge on any atom is -0.465 e. The fourth-order valence-corrected chi connectivity index (χ4v) is 2.44. The number of methoxy groups -OCH3 is 1. The van der Waals surface area contributed by atoms with Crippen LogP contribution in [0.2, 0.25) is 0 Å². The summed E-state index contributed by atoms with van der Waals surface area (Å²) >= 11 is 0. The molecule has 2 rings (SSSR count). The summed E-state index contributed by atoms with van der Waals surface area (Å²) in [7, 11) is 1.27. The van der Waals surface area contributed by atoms with Gasteiger partial charge in [-0.1, -0.05) is 6.08 Å². The highest BCUT2D eigenvalue weighted by atomic mass is 19.1. The first-order chi connectivity index (χ1) is 11.2. The lowest BCUT2D eigenvalue weighted by molar-refractivity contribution is 0.0272. The molecule has 0 atom stereocenters. The van der Waals surface area contributed by atoms with Crippen molar-refractivity contribution in [1.82, 2.24) is 4.90 Å². The van der Waals surface area contributed by atoms with Crippen LogP contribution >= 0.6 is 0 Å². The lowest BCUT2D eigenvalue weighted by Crippen LogP contribution is -2.39. The molecular formula is C18H22FNO4. The fourth-order valence-electron chi connectivity index (χ4n) is 2.44. The maximum absolute atomic E-state index is 14.2. The largest absolute Gasteiger partial charge is 0.465 e. The zero-order chi connectivity index (χ0) is 17.9. The van der Waals surface area contributed by atoms with Gasteiger partial charge in [-0.25, -0.2) is 14.0 Å². The van der Waals surface area contributed by atoms with Crippen molar-refractivity contribution in [2.45, 2.75) is 32.8 Å². The van der Waals surface area contributed by atoms with Crippen molar-refractivity contribution in [3.8, 4) is 0 Å². The van der Waals surface area contributed by atoms with Gasteiger partial charge in [0.1, 0.15) is 11.4 Å². The van der Waals surface area contributed by atoms with E-state index in [1.54, 1.807) is 20.8 Å². The van der Waals surface area contributed by atoms with E-state index < -0.39 is 23.5 Å². The number of carbonyl (C=O) groups excluding carboxylic acids is 2. The predicted molar refractivity (Wildman–Crippen MR) is 88.1 cm³/mol. The number of benzene rings is 1. The van der Waals surface area contributed by atoms with Crippen molar-refractivity contribution in [2.75, 3.05) is 20.2 Å². The molecule has 24 heavy (non-hydrogen) atoms. The molecule has 5 nitrogen and oxygen atoms in total. The molecule has 0 aromatic heterocycles. The van der Waals surface area contributed by atoms with Gasteiger partial charge in [-0.2, -0.15) is 0 Å². The van der Waals surface area contributed by atoms with Crippen LogP contribution in [0.3, 0.4) is 0 Å². The van der Waals surface area contributed by atoms with Gasteiger partial charge in [0.15, 0.2) is 0 Å². The predicted octanol–water partition coefficient (Wildman–Crippen LogP) is 3.64. The normalized spacial score (nSPS) is 14.9. The number of amides is 1. The first kappa shape index (κ1) is 18.0. The van der Waals surface area contributed by atoms with Crippen LogP contribution in [-0.2, 0) is 9.47 Å². The number of hydrogen-bond acceptors (Lipinski definition) is 4. The topological polar surface area (TPSA) is 55.8 Å². The lowest BCUT2D eigenvalue weighted by Gasteiger charge is -2.30. The van der Waals surface area contributed by atoms with E-state index in [1.165, 1.54) is 30.2 Å². The Kier molecular flexibility index (Phi) is 5.26. The molecule has 0 spiro atoms. The average Bonchev–Trinajstić information content (AvgIpc) is 2.53. The summed E-state index contributed by atoms with van der Waals surface area (Å²) in [5.41, 5.74) is 0.625. The van der Waals surface area contributed by atoms with Crippen LogP contribution in [0, 0.1) is 5.82 Å². The summed E-state index contributed by atoms with van der Waals surface area (Å²) in [6.45, 7) is 6.13. The molecule has 1 aromatic carbocycles. The number of carbonyl (C=O) groups is 2. The molecule has 0 saturated carbocycles. The molecule has 1 aromatic rings. The third-order valence-corrected chi connectivity index (χ3v) is 3.54. The SMILES string of the molecule is COC(=O)c1ccc(F)c(C2=CCCN(C(=O)OC(C)(C)C)C2)c1. The summed E-state index contributed by atoms with van der Waals surface area (Å²) in [5.74, 6) is -0.975. The molecule has 0 unspecified atom stereocenters. The number of halogens is 1. The van der Waals surface area contributed by atoms with Gasteiger partial charge < -0.3 is 14.4 Å². The Bertz CT molecular complexity index is 676. The van der Waals surface area contributed by atoms with Crippen LogP contribution in [0.25, 0.3) is 5.57 Å². The first-order valence-electron chi connectivity index (χ1n) is 7.76. The fraction of sp³-hybridized carbons (Fsp3) is 0.444. The quantitative estimate of drug-likeness (QED) is 0.774. The Morgan fingerprint density at radius 3 is 2.58 bits per heavy atom. The van der Waals surface area contributed by atoms with Crippen LogP contribution in [0.1, 0.15) is 43.1 Å². The van der Waals surface area contributed by atoms with Gasteiger partial charge in [-0.3, -0.25) is 0 Å². The molecule has 0 radical (unpaired) electrons. The summed E-state index contributed by atoms with van der Waals surface area (Å²) in [6, 6.07) is 4.06. The molecule has 6 heteroatoms. The van der Waals surface area contributed by atoms with Gasteiger partial charge in [0.05, 0.1) is 12.7 Å². The van der Waals surface area contributed by atoms with Gasteiger partial charge in [0, 0.05) is 18.7 Å². The third kappa shape index (κ3) is 4.34. The van der Waals surface area contributed by atoms with E-state index in [2.05, 4.69) is 4.74 Å². The molecule has 1 aliphatic heterocycles. The van der Waals surface area contributed by atoms with Gasteiger partial charge in [-0.15, -0.1) is 0 Å². The van der Waals surface area contributed by atoms with E-state index in [9.17, 15) is 14.0 Å². The van der Waals surface area contributed by atoms with E-state index in [4.69, 9.17) is 4.74 Å². The summed E-state index contributed by atoms with van der Waals surface area (Å²) < 4.78 is 24.2. The molecule has 0 bridgehead atoms. The van der Waals surface area contributed by atoms with Crippen molar-refractivity contribution < 1.29 is 23.5 Å². The van der Waals surface area contributed by atoms with Crippen molar-refractivity contribution in [3.05, 3.63) is 41.2 Å². The van der Waals surface area contributed by atoms with Gasteiger partial charge >= 0.3 is 12.1 Å². The minimum atomic E-state index is -0.589. The summed E-state index contributed by atoms with van der Waals surface area (Å²) in [4.78, 5) is 25.4. The van der Waals surface area contributed by atoms with E-state index in [1.807, 2.05) is 6.08 Å². The average molecular weight is 335 g/mol. The smallest absolute Gasteiger partial charge is 0.410 e. The second kappa shape index (κ2) is 7.03. The molecule has 1 aliphatic rings. The highest BCUT2D eigenvalue weighted by molar-refractivity contribution is 5.90. The Hall–Kier alpha value is -2.37.